The maximum atomic E-state index is 13.0. The highest BCUT2D eigenvalue weighted by Crippen LogP contribution is 2.40. The average molecular weight is 394 g/mol. The van der Waals surface area contributed by atoms with Crippen LogP contribution in [0.1, 0.15) is 48.5 Å². The predicted molar refractivity (Wildman–Crippen MR) is 108 cm³/mol. The van der Waals surface area contributed by atoms with Gasteiger partial charge in [0.2, 0.25) is 5.88 Å². The van der Waals surface area contributed by atoms with Crippen molar-refractivity contribution in [3.63, 3.8) is 0 Å². The van der Waals surface area contributed by atoms with Crippen molar-refractivity contribution in [2.24, 2.45) is 5.92 Å². The van der Waals surface area contributed by atoms with Gasteiger partial charge in [-0.1, -0.05) is 30.3 Å². The van der Waals surface area contributed by atoms with Crippen LogP contribution in [0.15, 0.2) is 48.7 Å². The van der Waals surface area contributed by atoms with E-state index in [1.807, 2.05) is 42.2 Å². The number of carbonyl (C=O) groups excluding carboxylic acids is 2. The molecular weight excluding hydrogens is 368 g/mol. The Bertz CT molecular complexity index is 839. The molecule has 1 amide bonds. The predicted octanol–water partition coefficient (Wildman–Crippen LogP) is 4.24. The molecule has 2 fully saturated rings. The zero-order chi connectivity index (χ0) is 20.2. The van der Waals surface area contributed by atoms with Gasteiger partial charge < -0.3 is 14.4 Å². The summed E-state index contributed by atoms with van der Waals surface area (Å²) in [7, 11) is 0. The lowest BCUT2D eigenvalue weighted by Gasteiger charge is -2.37. The molecule has 4 rings (SSSR count). The fourth-order valence-electron chi connectivity index (χ4n) is 4.48. The molecule has 2 atom stereocenters. The van der Waals surface area contributed by atoms with Crippen LogP contribution in [0.4, 0.5) is 4.79 Å². The zero-order valence-corrected chi connectivity index (χ0v) is 16.6. The topological polar surface area (TPSA) is 68.7 Å². The van der Waals surface area contributed by atoms with E-state index in [0.29, 0.717) is 30.9 Å². The number of rotatable bonds is 6. The first-order valence-corrected chi connectivity index (χ1v) is 10.3. The highest BCUT2D eigenvalue weighted by Gasteiger charge is 2.45. The van der Waals surface area contributed by atoms with Crippen molar-refractivity contribution < 1.29 is 19.1 Å². The Kier molecular flexibility index (Phi) is 5.79. The Morgan fingerprint density at radius 1 is 1.07 bits per heavy atom. The highest BCUT2D eigenvalue weighted by molar-refractivity contribution is 5.97. The molecule has 3 heterocycles. The molecule has 0 saturated carbocycles. The lowest BCUT2D eigenvalue weighted by molar-refractivity contribution is 0.0485. The summed E-state index contributed by atoms with van der Waals surface area (Å²) in [6.07, 6.45) is 4.55. The van der Waals surface area contributed by atoms with Crippen molar-refractivity contribution in [3.8, 4) is 5.88 Å². The van der Waals surface area contributed by atoms with Crippen LogP contribution in [0.5, 0.6) is 5.88 Å². The quantitative estimate of drug-likeness (QED) is 0.686. The summed E-state index contributed by atoms with van der Waals surface area (Å²) in [4.78, 5) is 31.7. The summed E-state index contributed by atoms with van der Waals surface area (Å²) < 4.78 is 10.9. The van der Waals surface area contributed by atoms with Gasteiger partial charge in [-0.2, -0.15) is 0 Å². The Labute approximate surface area is 170 Å². The van der Waals surface area contributed by atoms with Crippen molar-refractivity contribution in [3.05, 3.63) is 59.8 Å². The van der Waals surface area contributed by atoms with Crippen molar-refractivity contribution >= 4 is 11.9 Å². The van der Waals surface area contributed by atoms with Crippen LogP contribution >= 0.6 is 0 Å². The minimum absolute atomic E-state index is 0.0710. The van der Waals surface area contributed by atoms with Crippen LogP contribution in [0.2, 0.25) is 0 Å². The zero-order valence-electron chi connectivity index (χ0n) is 16.6. The van der Waals surface area contributed by atoms with Crippen LogP contribution in [0.3, 0.4) is 0 Å². The molecule has 0 N–H and O–H groups in total. The summed E-state index contributed by atoms with van der Waals surface area (Å²) >= 11 is 0. The second-order valence-corrected chi connectivity index (χ2v) is 7.68. The lowest BCUT2D eigenvalue weighted by Crippen LogP contribution is -2.48. The number of fused-ring (bicyclic) bond motifs is 2. The molecule has 0 aliphatic carbocycles. The van der Waals surface area contributed by atoms with Gasteiger partial charge in [-0.05, 0) is 44.2 Å². The SMILES string of the molecule is CCOc1ccc(C(=O)C2CC3CCC(C2)N3C(=O)OCc2ccccc2)cn1. The van der Waals surface area contributed by atoms with E-state index in [0.717, 1.165) is 18.4 Å². The molecular formula is C23H26N2O4. The number of nitrogens with zero attached hydrogens (tertiary/aromatic N) is 2. The highest BCUT2D eigenvalue weighted by atomic mass is 16.6. The smallest absolute Gasteiger partial charge is 0.410 e. The molecule has 2 saturated heterocycles. The molecule has 29 heavy (non-hydrogen) atoms. The van der Waals surface area contributed by atoms with E-state index >= 15 is 0 Å². The van der Waals surface area contributed by atoms with Gasteiger partial charge in [-0.3, -0.25) is 4.79 Å². The summed E-state index contributed by atoms with van der Waals surface area (Å²) in [6, 6.07) is 13.3. The van der Waals surface area contributed by atoms with Gasteiger partial charge >= 0.3 is 6.09 Å². The molecule has 6 nitrogen and oxygen atoms in total. The van der Waals surface area contributed by atoms with Gasteiger partial charge in [-0.15, -0.1) is 0 Å². The molecule has 2 aliphatic rings. The Hall–Kier alpha value is -2.89. The van der Waals surface area contributed by atoms with Gasteiger partial charge in [-0.25, -0.2) is 9.78 Å². The molecule has 2 unspecified atom stereocenters. The van der Waals surface area contributed by atoms with Crippen molar-refractivity contribution in [2.75, 3.05) is 6.61 Å². The molecule has 0 radical (unpaired) electrons. The van der Waals surface area contributed by atoms with Crippen LogP contribution in [0.25, 0.3) is 0 Å². The minimum atomic E-state index is -0.269. The van der Waals surface area contributed by atoms with Crippen LogP contribution in [0, 0.1) is 5.92 Å². The third kappa shape index (κ3) is 4.26. The van der Waals surface area contributed by atoms with Gasteiger partial charge in [0.25, 0.3) is 0 Å². The first kappa shape index (κ1) is 19.4. The van der Waals surface area contributed by atoms with Gasteiger partial charge in [0, 0.05) is 35.8 Å². The van der Waals surface area contributed by atoms with Crippen molar-refractivity contribution in [1.29, 1.82) is 0 Å². The fourth-order valence-corrected chi connectivity index (χ4v) is 4.48. The normalized spacial score (nSPS) is 22.9. The number of ketones is 1. The lowest BCUT2D eigenvalue weighted by atomic mass is 9.85. The third-order valence-electron chi connectivity index (χ3n) is 5.83. The second kappa shape index (κ2) is 8.64. The number of amides is 1. The number of aromatic nitrogens is 1. The van der Waals surface area contributed by atoms with E-state index in [-0.39, 0.29) is 36.5 Å². The van der Waals surface area contributed by atoms with Crippen LogP contribution in [-0.2, 0) is 11.3 Å². The van der Waals surface area contributed by atoms with E-state index < -0.39 is 0 Å². The van der Waals surface area contributed by atoms with Crippen LogP contribution < -0.4 is 4.74 Å². The number of hydrogen-bond donors (Lipinski definition) is 0. The van der Waals surface area contributed by atoms with E-state index in [9.17, 15) is 9.59 Å². The Morgan fingerprint density at radius 3 is 2.41 bits per heavy atom. The van der Waals surface area contributed by atoms with E-state index in [2.05, 4.69) is 4.98 Å². The van der Waals surface area contributed by atoms with Crippen molar-refractivity contribution in [1.82, 2.24) is 9.88 Å². The van der Waals surface area contributed by atoms with E-state index in [4.69, 9.17) is 9.47 Å². The number of piperidine rings is 1. The van der Waals surface area contributed by atoms with Crippen LogP contribution in [-0.4, -0.2) is 40.5 Å². The molecule has 2 aromatic rings. The average Bonchev–Trinajstić information content (AvgIpc) is 3.02. The summed E-state index contributed by atoms with van der Waals surface area (Å²) in [6.45, 7) is 2.72. The number of Topliss-reactive ketones (excluding diaryl/α,β-unsaturated/α-hetero) is 1. The monoisotopic (exact) mass is 394 g/mol. The molecule has 1 aromatic heterocycles. The van der Waals surface area contributed by atoms with Crippen molar-refractivity contribution in [2.45, 2.75) is 51.3 Å². The first-order chi connectivity index (χ1) is 14.2. The van der Waals surface area contributed by atoms with E-state index in [1.165, 1.54) is 0 Å². The maximum absolute atomic E-state index is 13.0. The minimum Gasteiger partial charge on any atom is -0.478 e. The van der Waals surface area contributed by atoms with Gasteiger partial charge in [0.15, 0.2) is 5.78 Å². The third-order valence-corrected chi connectivity index (χ3v) is 5.83. The maximum Gasteiger partial charge on any atom is 0.410 e. The Morgan fingerprint density at radius 2 is 1.79 bits per heavy atom. The summed E-state index contributed by atoms with van der Waals surface area (Å²) in [5, 5.41) is 0. The molecule has 6 heteroatoms. The number of ether oxygens (including phenoxy) is 2. The number of hydrogen-bond acceptors (Lipinski definition) is 5. The molecule has 0 spiro atoms. The molecule has 152 valence electrons. The van der Waals surface area contributed by atoms with Gasteiger partial charge in [0.05, 0.1) is 6.61 Å². The second-order valence-electron chi connectivity index (χ2n) is 7.68. The number of benzene rings is 1. The number of pyridine rings is 1. The molecule has 1 aromatic carbocycles. The fraction of sp³-hybridized carbons (Fsp3) is 0.435. The standard InChI is InChI=1S/C23H26N2O4/c1-2-28-21-11-8-17(14-24-21)22(26)18-12-19-9-10-20(13-18)25(19)23(27)29-15-16-6-4-3-5-7-16/h3-8,11,14,18-20H,2,9-10,12-13,15H2,1H3. The summed E-state index contributed by atoms with van der Waals surface area (Å²) in [5.74, 6) is 0.556. The number of carbonyl (C=O) groups is 2. The largest absolute Gasteiger partial charge is 0.478 e. The Balaban J connectivity index is 1.37. The first-order valence-electron chi connectivity index (χ1n) is 10.3. The summed E-state index contributed by atoms with van der Waals surface area (Å²) in [5.41, 5.74) is 1.58. The molecule has 2 aliphatic heterocycles. The molecule has 2 bridgehead atoms. The van der Waals surface area contributed by atoms with Gasteiger partial charge in [0.1, 0.15) is 6.61 Å². The van der Waals surface area contributed by atoms with E-state index in [1.54, 1.807) is 18.3 Å².